The molecule has 0 N–H and O–H groups in total. The van der Waals surface area contributed by atoms with Crippen molar-refractivity contribution in [3.63, 3.8) is 0 Å². The molecule has 0 unspecified atom stereocenters. The number of furan rings is 1. The fourth-order valence-corrected chi connectivity index (χ4v) is 5.99. The van der Waals surface area contributed by atoms with E-state index in [9.17, 15) is 16.8 Å². The van der Waals surface area contributed by atoms with Crippen LogP contribution in [0.15, 0.2) is 55.1 Å². The maximum atomic E-state index is 13.2. The second-order valence-corrected chi connectivity index (χ2v) is 11.9. The molecule has 0 amide bonds. The second-order valence-electron chi connectivity index (χ2n) is 7.83. The van der Waals surface area contributed by atoms with Gasteiger partial charge in [-0.1, -0.05) is 5.16 Å². The molecular formula is C20H24N4O6S2. The van der Waals surface area contributed by atoms with Crippen molar-refractivity contribution in [3.8, 4) is 11.6 Å². The largest absolute Gasteiger partial charge is 0.458 e. The minimum absolute atomic E-state index is 0.0320. The van der Waals surface area contributed by atoms with Crippen molar-refractivity contribution in [1.29, 1.82) is 0 Å². The number of aryl methyl sites for hydroxylation is 1. The third kappa shape index (κ3) is 4.22. The highest BCUT2D eigenvalue weighted by Gasteiger charge is 2.34. The SMILES string of the molecule is Cc1ccc(-c2noc([C@@H]3CCCN(S(=O)(=O)c4ccc(S(=O)(=O)N(C)C)cc4)C3)n2)o1. The zero-order valence-corrected chi connectivity index (χ0v) is 19.6. The second kappa shape index (κ2) is 8.43. The van der Waals surface area contributed by atoms with Gasteiger partial charge in [0.1, 0.15) is 5.76 Å². The summed E-state index contributed by atoms with van der Waals surface area (Å²) in [7, 11) is -4.61. The topological polar surface area (TPSA) is 127 Å². The van der Waals surface area contributed by atoms with Gasteiger partial charge in [-0.2, -0.15) is 9.29 Å². The summed E-state index contributed by atoms with van der Waals surface area (Å²) in [6.45, 7) is 2.37. The summed E-state index contributed by atoms with van der Waals surface area (Å²) in [5.41, 5.74) is 0. The minimum atomic E-state index is -3.81. The van der Waals surface area contributed by atoms with Crippen molar-refractivity contribution in [2.75, 3.05) is 27.2 Å². The van der Waals surface area contributed by atoms with Crippen molar-refractivity contribution in [2.24, 2.45) is 0 Å². The summed E-state index contributed by atoms with van der Waals surface area (Å²) in [5.74, 6) is 1.66. The molecule has 172 valence electrons. The third-order valence-corrected chi connectivity index (χ3v) is 9.08. The predicted molar refractivity (Wildman–Crippen MR) is 115 cm³/mol. The molecule has 1 aliphatic rings. The van der Waals surface area contributed by atoms with Gasteiger partial charge in [-0.15, -0.1) is 0 Å². The molecule has 1 aliphatic heterocycles. The molecule has 0 radical (unpaired) electrons. The lowest BCUT2D eigenvalue weighted by atomic mass is 10.00. The Morgan fingerprint density at radius 3 is 2.34 bits per heavy atom. The van der Waals surface area contributed by atoms with E-state index in [4.69, 9.17) is 8.94 Å². The lowest BCUT2D eigenvalue weighted by molar-refractivity contribution is 0.265. The molecular weight excluding hydrogens is 456 g/mol. The molecule has 2 aromatic heterocycles. The molecule has 32 heavy (non-hydrogen) atoms. The number of rotatable bonds is 6. The number of nitrogens with zero attached hydrogens (tertiary/aromatic N) is 4. The average Bonchev–Trinajstić information content (AvgIpc) is 3.43. The number of sulfonamides is 2. The Kier molecular flexibility index (Phi) is 5.96. The van der Waals surface area contributed by atoms with Gasteiger partial charge in [0.15, 0.2) is 5.76 Å². The molecule has 3 aromatic rings. The Labute approximate surface area is 186 Å². The van der Waals surface area contributed by atoms with Gasteiger partial charge in [0.05, 0.1) is 15.7 Å². The van der Waals surface area contributed by atoms with E-state index in [0.717, 1.165) is 10.1 Å². The summed E-state index contributed by atoms with van der Waals surface area (Å²) in [5, 5.41) is 3.96. The quantitative estimate of drug-likeness (QED) is 0.526. The smallest absolute Gasteiger partial charge is 0.243 e. The summed E-state index contributed by atoms with van der Waals surface area (Å²) < 4.78 is 64.2. The Bertz CT molecular complexity index is 1310. The summed E-state index contributed by atoms with van der Waals surface area (Å²) in [6.07, 6.45) is 1.35. The highest BCUT2D eigenvalue weighted by Crippen LogP contribution is 2.31. The van der Waals surface area contributed by atoms with Crippen LogP contribution in [0, 0.1) is 6.92 Å². The van der Waals surface area contributed by atoms with E-state index in [1.54, 1.807) is 12.1 Å². The van der Waals surface area contributed by atoms with E-state index < -0.39 is 20.0 Å². The lowest BCUT2D eigenvalue weighted by Crippen LogP contribution is -2.39. The van der Waals surface area contributed by atoms with E-state index in [0.29, 0.717) is 36.9 Å². The van der Waals surface area contributed by atoms with Gasteiger partial charge in [0.25, 0.3) is 0 Å². The van der Waals surface area contributed by atoms with Crippen LogP contribution >= 0.6 is 0 Å². The van der Waals surface area contributed by atoms with E-state index >= 15 is 0 Å². The fraction of sp³-hybridized carbons (Fsp3) is 0.400. The monoisotopic (exact) mass is 480 g/mol. The van der Waals surface area contributed by atoms with Crippen LogP contribution in [0.4, 0.5) is 0 Å². The number of aromatic nitrogens is 2. The number of hydrogen-bond acceptors (Lipinski definition) is 8. The highest BCUT2D eigenvalue weighted by molar-refractivity contribution is 7.89. The third-order valence-electron chi connectivity index (χ3n) is 5.38. The van der Waals surface area contributed by atoms with Crippen molar-refractivity contribution in [1.82, 2.24) is 18.8 Å². The molecule has 0 spiro atoms. The van der Waals surface area contributed by atoms with Gasteiger partial charge in [-0.05, 0) is 56.2 Å². The van der Waals surface area contributed by atoms with Gasteiger partial charge in [0.2, 0.25) is 31.8 Å². The standard InChI is InChI=1S/C20H24N4O6S2/c1-14-6-11-18(29-14)19-21-20(30-22-19)15-5-4-12-24(13-15)32(27,28)17-9-7-16(8-10-17)31(25,26)23(2)3/h6-11,15H,4-5,12-13H2,1-3H3/t15-/m1/s1. The first kappa shape index (κ1) is 22.6. The Balaban J connectivity index is 1.53. The molecule has 0 aliphatic carbocycles. The van der Waals surface area contributed by atoms with Crippen LogP contribution in [-0.2, 0) is 20.0 Å². The Morgan fingerprint density at radius 1 is 1.03 bits per heavy atom. The van der Waals surface area contributed by atoms with E-state index in [1.807, 2.05) is 6.92 Å². The first-order valence-corrected chi connectivity index (χ1v) is 12.9. The molecule has 10 nitrogen and oxygen atoms in total. The zero-order valence-electron chi connectivity index (χ0n) is 17.9. The van der Waals surface area contributed by atoms with Gasteiger partial charge in [-0.3, -0.25) is 0 Å². The van der Waals surface area contributed by atoms with Crippen LogP contribution in [0.1, 0.15) is 30.4 Å². The number of hydrogen-bond donors (Lipinski definition) is 0. The molecule has 1 atom stereocenters. The highest BCUT2D eigenvalue weighted by atomic mass is 32.2. The zero-order chi connectivity index (χ0) is 23.1. The van der Waals surface area contributed by atoms with Crippen molar-refractivity contribution >= 4 is 20.0 Å². The Morgan fingerprint density at radius 2 is 1.72 bits per heavy atom. The maximum Gasteiger partial charge on any atom is 0.243 e. The van der Waals surface area contributed by atoms with Gasteiger partial charge in [0, 0.05) is 27.2 Å². The van der Waals surface area contributed by atoms with Crippen LogP contribution in [0.2, 0.25) is 0 Å². The first-order valence-electron chi connectivity index (χ1n) is 10.0. The molecule has 4 rings (SSSR count). The molecule has 3 heterocycles. The van der Waals surface area contributed by atoms with Crippen LogP contribution in [0.3, 0.4) is 0 Å². The van der Waals surface area contributed by atoms with Crippen molar-refractivity contribution in [2.45, 2.75) is 35.5 Å². The van der Waals surface area contributed by atoms with Crippen molar-refractivity contribution < 1.29 is 25.8 Å². The number of benzene rings is 1. The summed E-state index contributed by atoms with van der Waals surface area (Å²) in [4.78, 5) is 4.46. The Hall–Kier alpha value is -2.54. The van der Waals surface area contributed by atoms with Gasteiger partial charge in [-0.25, -0.2) is 21.1 Å². The van der Waals surface area contributed by atoms with Gasteiger partial charge < -0.3 is 8.94 Å². The summed E-state index contributed by atoms with van der Waals surface area (Å²) >= 11 is 0. The van der Waals surface area contributed by atoms with Crippen LogP contribution < -0.4 is 0 Å². The predicted octanol–water partition coefficient (Wildman–Crippen LogP) is 2.46. The molecule has 1 fully saturated rings. The normalized spacial score (nSPS) is 18.3. The van der Waals surface area contributed by atoms with Crippen LogP contribution in [0.25, 0.3) is 11.6 Å². The molecule has 1 saturated heterocycles. The van der Waals surface area contributed by atoms with Gasteiger partial charge >= 0.3 is 0 Å². The maximum absolute atomic E-state index is 13.2. The number of piperidine rings is 1. The fourth-order valence-electron chi connectivity index (χ4n) is 3.56. The molecule has 0 saturated carbocycles. The van der Waals surface area contributed by atoms with Crippen molar-refractivity contribution in [3.05, 3.63) is 48.0 Å². The molecule has 0 bridgehead atoms. The lowest BCUT2D eigenvalue weighted by Gasteiger charge is -2.30. The molecule has 1 aromatic carbocycles. The molecule has 12 heteroatoms. The van der Waals surface area contributed by atoms with E-state index in [-0.39, 0.29) is 22.3 Å². The van der Waals surface area contributed by atoms with Crippen LogP contribution in [-0.4, -0.2) is 62.8 Å². The van der Waals surface area contributed by atoms with Crippen LogP contribution in [0.5, 0.6) is 0 Å². The van der Waals surface area contributed by atoms with E-state index in [1.165, 1.54) is 42.7 Å². The first-order chi connectivity index (χ1) is 15.1. The minimum Gasteiger partial charge on any atom is -0.458 e. The average molecular weight is 481 g/mol. The van der Waals surface area contributed by atoms with E-state index in [2.05, 4.69) is 10.1 Å². The summed E-state index contributed by atoms with van der Waals surface area (Å²) in [6, 6.07) is 8.80.